The first kappa shape index (κ1) is 15.3. The number of aliphatic hydroxyl groups is 1. The van der Waals surface area contributed by atoms with E-state index >= 15 is 0 Å². The molecule has 1 aliphatic rings. The van der Waals surface area contributed by atoms with E-state index < -0.39 is 16.4 Å². The van der Waals surface area contributed by atoms with Gasteiger partial charge in [-0.3, -0.25) is 0 Å². The summed E-state index contributed by atoms with van der Waals surface area (Å²) in [7, 11) is -3.46. The zero-order chi connectivity index (χ0) is 14.4. The summed E-state index contributed by atoms with van der Waals surface area (Å²) in [4.78, 5) is 10.7. The first-order chi connectivity index (χ1) is 9.62. The molecule has 0 saturated heterocycles. The van der Waals surface area contributed by atoms with Gasteiger partial charge in [-0.2, -0.15) is 4.89 Å². The molecule has 0 aliphatic heterocycles. The molecule has 1 N–H and O–H groups in total. The van der Waals surface area contributed by atoms with Gasteiger partial charge in [0.15, 0.2) is 15.6 Å². The molecule has 0 amide bonds. The third-order valence-corrected chi connectivity index (χ3v) is 5.05. The molecule has 1 saturated carbocycles. The van der Waals surface area contributed by atoms with Gasteiger partial charge in [0.2, 0.25) is 0 Å². The summed E-state index contributed by atoms with van der Waals surface area (Å²) in [5, 5.41) is 8.77. The second-order valence-corrected chi connectivity index (χ2v) is 7.07. The molecular weight excluding hydrogens is 280 g/mol. The van der Waals surface area contributed by atoms with Gasteiger partial charge >= 0.3 is 0 Å². The highest BCUT2D eigenvalue weighted by Crippen LogP contribution is 2.23. The molecule has 0 unspecified atom stereocenters. The summed E-state index contributed by atoms with van der Waals surface area (Å²) in [5.74, 6) is 0.0783. The van der Waals surface area contributed by atoms with Gasteiger partial charge in [0, 0.05) is 6.07 Å². The molecule has 0 atom stereocenters. The highest BCUT2D eigenvalue weighted by molar-refractivity contribution is 7.91. The van der Waals surface area contributed by atoms with Crippen LogP contribution in [0.4, 0.5) is 0 Å². The van der Waals surface area contributed by atoms with Gasteiger partial charge in [-0.05, 0) is 25.0 Å². The standard InChI is InChI=1S/C14H20O5S/c15-9-10-20(16,17)14-8-4-7-13(11-14)19-18-12-5-2-1-3-6-12/h4,7-8,11-12,15H,1-3,5-6,9-10H2. The van der Waals surface area contributed by atoms with Crippen molar-refractivity contribution < 1.29 is 23.3 Å². The Morgan fingerprint density at radius 1 is 1.20 bits per heavy atom. The average molecular weight is 300 g/mol. The third-order valence-electron chi connectivity index (χ3n) is 3.36. The van der Waals surface area contributed by atoms with Crippen molar-refractivity contribution in [1.82, 2.24) is 0 Å². The maximum absolute atomic E-state index is 11.8. The molecule has 0 aromatic heterocycles. The monoisotopic (exact) mass is 300 g/mol. The molecule has 0 bridgehead atoms. The Hall–Kier alpha value is -1.11. The molecule has 1 aromatic rings. The van der Waals surface area contributed by atoms with Crippen molar-refractivity contribution in [2.45, 2.75) is 43.1 Å². The predicted molar refractivity (Wildman–Crippen MR) is 74.2 cm³/mol. The third kappa shape index (κ3) is 4.19. The van der Waals surface area contributed by atoms with Gasteiger partial charge < -0.3 is 9.99 Å². The van der Waals surface area contributed by atoms with Crippen molar-refractivity contribution in [3.05, 3.63) is 24.3 Å². The van der Waals surface area contributed by atoms with Crippen LogP contribution >= 0.6 is 0 Å². The highest BCUT2D eigenvalue weighted by Gasteiger charge is 2.17. The molecule has 112 valence electrons. The van der Waals surface area contributed by atoms with Crippen molar-refractivity contribution >= 4 is 9.84 Å². The number of hydrogen-bond acceptors (Lipinski definition) is 5. The molecule has 2 rings (SSSR count). The van der Waals surface area contributed by atoms with Crippen LogP contribution in [0.25, 0.3) is 0 Å². The molecule has 1 aliphatic carbocycles. The molecule has 0 spiro atoms. The number of aliphatic hydroxyl groups excluding tert-OH is 1. The fourth-order valence-corrected chi connectivity index (χ4v) is 3.30. The van der Waals surface area contributed by atoms with E-state index in [1.807, 2.05) is 0 Å². The lowest BCUT2D eigenvalue weighted by atomic mass is 9.98. The van der Waals surface area contributed by atoms with Crippen molar-refractivity contribution in [2.75, 3.05) is 12.4 Å². The second-order valence-electron chi connectivity index (χ2n) is 4.96. The van der Waals surface area contributed by atoms with Crippen LogP contribution in [0.5, 0.6) is 5.75 Å². The predicted octanol–water partition coefficient (Wildman–Crippen LogP) is 2.10. The minimum Gasteiger partial charge on any atom is -0.395 e. The Balaban J connectivity index is 1.98. The van der Waals surface area contributed by atoms with Crippen molar-refractivity contribution in [1.29, 1.82) is 0 Å². The van der Waals surface area contributed by atoms with Gasteiger partial charge in [0.25, 0.3) is 0 Å². The molecule has 0 radical (unpaired) electrons. The number of rotatable bonds is 6. The maximum atomic E-state index is 11.8. The van der Waals surface area contributed by atoms with E-state index in [0.29, 0.717) is 5.75 Å². The summed E-state index contributed by atoms with van der Waals surface area (Å²) < 4.78 is 23.7. The van der Waals surface area contributed by atoms with Crippen molar-refractivity contribution in [3.63, 3.8) is 0 Å². The van der Waals surface area contributed by atoms with Crippen molar-refractivity contribution in [2.24, 2.45) is 0 Å². The van der Waals surface area contributed by atoms with Gasteiger partial charge in [0.05, 0.1) is 17.3 Å². The maximum Gasteiger partial charge on any atom is 0.180 e. The largest absolute Gasteiger partial charge is 0.395 e. The van der Waals surface area contributed by atoms with Crippen LogP contribution in [-0.2, 0) is 14.7 Å². The normalized spacial score (nSPS) is 17.1. The zero-order valence-electron chi connectivity index (χ0n) is 11.3. The van der Waals surface area contributed by atoms with Gasteiger partial charge in [0.1, 0.15) is 6.10 Å². The van der Waals surface area contributed by atoms with Crippen LogP contribution in [0.3, 0.4) is 0 Å². The van der Waals surface area contributed by atoms with Crippen molar-refractivity contribution in [3.8, 4) is 5.75 Å². The molecule has 6 heteroatoms. The summed E-state index contributed by atoms with van der Waals surface area (Å²) in [6.07, 6.45) is 5.54. The Morgan fingerprint density at radius 2 is 1.95 bits per heavy atom. The second kappa shape index (κ2) is 7.06. The molecule has 5 nitrogen and oxygen atoms in total. The topological polar surface area (TPSA) is 72.8 Å². The molecule has 20 heavy (non-hydrogen) atoms. The summed E-state index contributed by atoms with van der Waals surface area (Å²) in [5.41, 5.74) is 0. The van der Waals surface area contributed by atoms with Crippen LogP contribution in [0.1, 0.15) is 32.1 Å². The van der Waals surface area contributed by atoms with Gasteiger partial charge in [-0.1, -0.05) is 25.3 Å². The lowest BCUT2D eigenvalue weighted by Crippen LogP contribution is -2.18. The first-order valence-electron chi connectivity index (χ1n) is 6.89. The molecular formula is C14H20O5S. The van der Waals surface area contributed by atoms with Gasteiger partial charge in [-0.15, -0.1) is 0 Å². The fourth-order valence-electron chi connectivity index (χ4n) is 2.24. The Kier molecular flexibility index (Phi) is 5.39. The fraction of sp³-hybridized carbons (Fsp3) is 0.571. The lowest BCUT2D eigenvalue weighted by molar-refractivity contribution is -0.251. The first-order valence-corrected chi connectivity index (χ1v) is 8.54. The van der Waals surface area contributed by atoms with Crippen LogP contribution < -0.4 is 4.89 Å². The minimum atomic E-state index is -3.46. The van der Waals surface area contributed by atoms with Gasteiger partial charge in [-0.25, -0.2) is 8.42 Å². The highest BCUT2D eigenvalue weighted by atomic mass is 32.2. The van der Waals surface area contributed by atoms with E-state index in [1.165, 1.54) is 18.6 Å². The number of sulfone groups is 1. The molecule has 1 fully saturated rings. The van der Waals surface area contributed by atoms with E-state index in [1.54, 1.807) is 12.1 Å². The summed E-state index contributed by atoms with van der Waals surface area (Å²) >= 11 is 0. The summed E-state index contributed by atoms with van der Waals surface area (Å²) in [6.45, 7) is -0.397. The van der Waals surface area contributed by atoms with E-state index in [2.05, 4.69) is 0 Å². The minimum absolute atomic E-state index is 0.0847. The summed E-state index contributed by atoms with van der Waals surface area (Å²) in [6, 6.07) is 6.16. The van der Waals surface area contributed by atoms with E-state index in [9.17, 15) is 8.42 Å². The van der Waals surface area contributed by atoms with Crippen LogP contribution in [-0.4, -0.2) is 32.0 Å². The van der Waals surface area contributed by atoms with E-state index in [4.69, 9.17) is 14.9 Å². The molecule has 1 aromatic carbocycles. The Morgan fingerprint density at radius 3 is 2.65 bits per heavy atom. The number of benzene rings is 1. The zero-order valence-corrected chi connectivity index (χ0v) is 12.1. The Labute approximate surface area is 119 Å². The molecule has 0 heterocycles. The Bertz CT molecular complexity index is 520. The van der Waals surface area contributed by atoms with E-state index in [-0.39, 0.29) is 16.8 Å². The lowest BCUT2D eigenvalue weighted by Gasteiger charge is -2.20. The number of hydrogen-bond donors (Lipinski definition) is 1. The van der Waals surface area contributed by atoms with E-state index in [0.717, 1.165) is 25.7 Å². The van der Waals surface area contributed by atoms with Crippen LogP contribution in [0.2, 0.25) is 0 Å². The SMILES string of the molecule is O=S(=O)(CCO)c1cccc(OOC2CCCCC2)c1. The van der Waals surface area contributed by atoms with Crippen LogP contribution in [0.15, 0.2) is 29.2 Å². The van der Waals surface area contributed by atoms with Crippen LogP contribution in [0, 0.1) is 0 Å². The quantitative estimate of drug-likeness (QED) is 0.643. The smallest absolute Gasteiger partial charge is 0.180 e. The average Bonchev–Trinajstić information content (AvgIpc) is 2.46.